The Morgan fingerprint density at radius 2 is 1.73 bits per heavy atom. The van der Waals surface area contributed by atoms with Gasteiger partial charge in [0.25, 0.3) is 5.91 Å². The Kier molecular flexibility index (Phi) is 3.33. The molecule has 1 heterocycles. The number of nitrogens with zero attached hydrogens (tertiary/aromatic N) is 1. The van der Waals surface area contributed by atoms with E-state index in [0.717, 1.165) is 12.8 Å². The fourth-order valence-corrected chi connectivity index (χ4v) is 2.06. The SMILES string of the molecule is O=C(N[n+]1ccccc1)C1CCCCC1. The maximum absolute atomic E-state index is 11.8. The maximum atomic E-state index is 11.8. The molecule has 1 N–H and O–H groups in total. The van der Waals surface area contributed by atoms with E-state index >= 15 is 0 Å². The van der Waals surface area contributed by atoms with Gasteiger partial charge in [-0.25, -0.2) is 0 Å². The van der Waals surface area contributed by atoms with Crippen molar-refractivity contribution in [2.24, 2.45) is 5.92 Å². The molecule has 0 aromatic carbocycles. The van der Waals surface area contributed by atoms with E-state index < -0.39 is 0 Å². The van der Waals surface area contributed by atoms with E-state index in [1.54, 1.807) is 4.68 Å². The second kappa shape index (κ2) is 4.91. The Bertz CT molecular complexity index is 318. The summed E-state index contributed by atoms with van der Waals surface area (Å²) in [6.07, 6.45) is 9.44. The van der Waals surface area contributed by atoms with Gasteiger partial charge in [0.15, 0.2) is 12.4 Å². The third kappa shape index (κ3) is 2.78. The highest BCUT2D eigenvalue weighted by Gasteiger charge is 2.23. The van der Waals surface area contributed by atoms with E-state index in [9.17, 15) is 4.79 Å². The Morgan fingerprint density at radius 3 is 2.40 bits per heavy atom. The molecule has 1 aliphatic rings. The lowest BCUT2D eigenvalue weighted by Crippen LogP contribution is -2.49. The average molecular weight is 205 g/mol. The van der Waals surface area contributed by atoms with Crippen LogP contribution in [0.1, 0.15) is 32.1 Å². The van der Waals surface area contributed by atoms with Crippen molar-refractivity contribution in [3.05, 3.63) is 30.6 Å². The van der Waals surface area contributed by atoms with Gasteiger partial charge in [-0.05, 0) is 12.8 Å². The molecule has 0 radical (unpaired) electrons. The zero-order valence-corrected chi connectivity index (χ0v) is 8.86. The number of hydrogen-bond acceptors (Lipinski definition) is 1. The van der Waals surface area contributed by atoms with Crippen molar-refractivity contribution >= 4 is 5.91 Å². The molecule has 0 spiro atoms. The third-order valence-corrected chi connectivity index (χ3v) is 2.93. The van der Waals surface area contributed by atoms with E-state index in [2.05, 4.69) is 5.43 Å². The number of rotatable bonds is 2. The molecule has 1 aromatic heterocycles. The second-order valence-electron chi connectivity index (χ2n) is 4.09. The van der Waals surface area contributed by atoms with Crippen LogP contribution in [0.4, 0.5) is 0 Å². The van der Waals surface area contributed by atoms with E-state index in [0.29, 0.717) is 0 Å². The number of aromatic nitrogens is 1. The first kappa shape index (κ1) is 10.1. The Balaban J connectivity index is 1.91. The van der Waals surface area contributed by atoms with Gasteiger partial charge in [0, 0.05) is 18.1 Å². The first-order valence-corrected chi connectivity index (χ1v) is 5.63. The summed E-state index contributed by atoms with van der Waals surface area (Å²) in [6, 6.07) is 5.74. The summed E-state index contributed by atoms with van der Waals surface area (Å²) in [5.74, 6) is 0.373. The Morgan fingerprint density at radius 1 is 1.07 bits per heavy atom. The highest BCUT2D eigenvalue weighted by Crippen LogP contribution is 2.23. The average Bonchev–Trinajstić information content (AvgIpc) is 2.31. The summed E-state index contributed by atoms with van der Waals surface area (Å²) in [5, 5.41) is 0. The molecule has 15 heavy (non-hydrogen) atoms. The molecule has 0 aliphatic heterocycles. The highest BCUT2D eigenvalue weighted by molar-refractivity contribution is 5.84. The first-order chi connectivity index (χ1) is 7.36. The van der Waals surface area contributed by atoms with Gasteiger partial charge in [-0.3, -0.25) is 4.79 Å². The minimum absolute atomic E-state index is 0.158. The molecule has 80 valence electrons. The fourth-order valence-electron chi connectivity index (χ4n) is 2.06. The Labute approximate surface area is 90.1 Å². The lowest BCUT2D eigenvalue weighted by molar-refractivity contribution is -0.642. The van der Waals surface area contributed by atoms with Gasteiger partial charge < -0.3 is 0 Å². The molecule has 2 rings (SSSR count). The number of carbonyl (C=O) groups excluding carboxylic acids is 1. The van der Waals surface area contributed by atoms with Gasteiger partial charge in [0.1, 0.15) is 0 Å². The molecule has 0 atom stereocenters. The molecule has 0 saturated heterocycles. The number of nitrogens with one attached hydrogen (secondary N) is 1. The molecule has 1 aliphatic carbocycles. The van der Waals surface area contributed by atoms with Crippen LogP contribution in [-0.4, -0.2) is 5.91 Å². The van der Waals surface area contributed by atoms with Crippen molar-refractivity contribution in [3.8, 4) is 0 Å². The second-order valence-corrected chi connectivity index (χ2v) is 4.09. The number of hydrogen-bond donors (Lipinski definition) is 1. The topological polar surface area (TPSA) is 33.0 Å². The van der Waals surface area contributed by atoms with Crippen LogP contribution < -0.4 is 10.1 Å². The monoisotopic (exact) mass is 205 g/mol. The summed E-state index contributed by atoms with van der Waals surface area (Å²) >= 11 is 0. The van der Waals surface area contributed by atoms with Gasteiger partial charge >= 0.3 is 0 Å². The molecular formula is C12H17N2O+. The predicted octanol–water partition coefficient (Wildman–Crippen LogP) is 1.62. The van der Waals surface area contributed by atoms with Crippen LogP contribution in [0.3, 0.4) is 0 Å². The zero-order chi connectivity index (χ0) is 10.5. The minimum Gasteiger partial charge on any atom is -0.269 e. The molecule has 3 heteroatoms. The van der Waals surface area contributed by atoms with Crippen molar-refractivity contribution in [2.45, 2.75) is 32.1 Å². The first-order valence-electron chi connectivity index (χ1n) is 5.63. The minimum atomic E-state index is 0.158. The van der Waals surface area contributed by atoms with Crippen molar-refractivity contribution in [2.75, 3.05) is 5.43 Å². The quantitative estimate of drug-likeness (QED) is 0.731. The van der Waals surface area contributed by atoms with Crippen LogP contribution >= 0.6 is 0 Å². The molecule has 1 amide bonds. The van der Waals surface area contributed by atoms with Crippen molar-refractivity contribution in [1.82, 2.24) is 0 Å². The molecule has 0 unspecified atom stereocenters. The molecule has 3 nitrogen and oxygen atoms in total. The largest absolute Gasteiger partial charge is 0.277 e. The van der Waals surface area contributed by atoms with Crippen molar-refractivity contribution in [1.29, 1.82) is 0 Å². The van der Waals surface area contributed by atoms with Crippen LogP contribution in [0.15, 0.2) is 30.6 Å². The number of carbonyl (C=O) groups is 1. The molecule has 0 bridgehead atoms. The molecular weight excluding hydrogens is 188 g/mol. The molecule has 1 aromatic rings. The van der Waals surface area contributed by atoms with Gasteiger partial charge in [-0.15, -0.1) is 5.43 Å². The van der Waals surface area contributed by atoms with Gasteiger partial charge in [-0.1, -0.05) is 30.0 Å². The van der Waals surface area contributed by atoms with Gasteiger partial charge in [0.2, 0.25) is 0 Å². The summed E-state index contributed by atoms with van der Waals surface area (Å²) in [4.78, 5) is 11.8. The number of pyridine rings is 1. The van der Waals surface area contributed by atoms with Crippen LogP contribution in [-0.2, 0) is 4.79 Å². The summed E-state index contributed by atoms with van der Waals surface area (Å²) in [5.41, 5.74) is 2.89. The highest BCUT2D eigenvalue weighted by atomic mass is 16.2. The Hall–Kier alpha value is -1.38. The third-order valence-electron chi connectivity index (χ3n) is 2.93. The smallest absolute Gasteiger partial charge is 0.269 e. The van der Waals surface area contributed by atoms with E-state index in [-0.39, 0.29) is 11.8 Å². The van der Waals surface area contributed by atoms with Crippen LogP contribution in [0.2, 0.25) is 0 Å². The van der Waals surface area contributed by atoms with Gasteiger partial charge in [0.05, 0.1) is 0 Å². The van der Waals surface area contributed by atoms with E-state index in [1.165, 1.54) is 19.3 Å². The zero-order valence-electron chi connectivity index (χ0n) is 8.86. The molecule has 1 saturated carbocycles. The predicted molar refractivity (Wildman–Crippen MR) is 57.6 cm³/mol. The summed E-state index contributed by atoms with van der Waals surface area (Å²) in [6.45, 7) is 0. The summed E-state index contributed by atoms with van der Waals surface area (Å²) < 4.78 is 1.72. The van der Waals surface area contributed by atoms with Crippen molar-refractivity contribution < 1.29 is 9.47 Å². The van der Waals surface area contributed by atoms with E-state index in [4.69, 9.17) is 0 Å². The lowest BCUT2D eigenvalue weighted by atomic mass is 9.89. The normalized spacial score (nSPS) is 17.3. The van der Waals surface area contributed by atoms with Crippen molar-refractivity contribution in [3.63, 3.8) is 0 Å². The molecule has 1 fully saturated rings. The lowest BCUT2D eigenvalue weighted by Gasteiger charge is -2.18. The standard InChI is InChI=1S/C12H16N2O/c15-12(11-7-3-1-4-8-11)13-14-9-5-2-6-10-14/h2,5-6,9-11H,1,3-4,7-8H2/p+1. The van der Waals surface area contributed by atoms with Gasteiger partial charge in [-0.2, -0.15) is 0 Å². The van der Waals surface area contributed by atoms with Crippen LogP contribution in [0, 0.1) is 5.92 Å². The van der Waals surface area contributed by atoms with Crippen LogP contribution in [0.5, 0.6) is 0 Å². The fraction of sp³-hybridized carbons (Fsp3) is 0.500. The summed E-state index contributed by atoms with van der Waals surface area (Å²) in [7, 11) is 0. The maximum Gasteiger partial charge on any atom is 0.277 e. The van der Waals surface area contributed by atoms with Crippen LogP contribution in [0.25, 0.3) is 0 Å². The number of amides is 1. The van der Waals surface area contributed by atoms with E-state index in [1.807, 2.05) is 30.6 Å².